The van der Waals surface area contributed by atoms with Crippen LogP contribution >= 0.6 is 11.3 Å². The Kier molecular flexibility index (Phi) is 4.43. The summed E-state index contributed by atoms with van der Waals surface area (Å²) in [4.78, 5) is 16.9. The number of hydrogen-bond donors (Lipinski definition) is 2. The topological polar surface area (TPSA) is 77.2 Å². The number of rotatable bonds is 5. The Bertz CT molecular complexity index is 881. The SMILES string of the molecule is COc1ccc(Nc2nc(N)c(C(=O)c3ccccc3)s2)cc1F. The van der Waals surface area contributed by atoms with Crippen LogP contribution in [0, 0.1) is 5.82 Å². The van der Waals surface area contributed by atoms with Crippen molar-refractivity contribution >= 4 is 33.8 Å². The summed E-state index contributed by atoms with van der Waals surface area (Å²) in [6.45, 7) is 0. The lowest BCUT2D eigenvalue weighted by molar-refractivity contribution is 0.104. The molecular weight excluding hydrogens is 329 g/mol. The number of aromatic nitrogens is 1. The monoisotopic (exact) mass is 343 g/mol. The number of carbonyl (C=O) groups excluding carboxylic acids is 1. The summed E-state index contributed by atoms with van der Waals surface area (Å²) in [6, 6.07) is 13.3. The van der Waals surface area contributed by atoms with Crippen molar-refractivity contribution in [2.75, 3.05) is 18.2 Å². The van der Waals surface area contributed by atoms with E-state index in [-0.39, 0.29) is 17.4 Å². The van der Waals surface area contributed by atoms with E-state index in [1.54, 1.807) is 30.3 Å². The lowest BCUT2D eigenvalue weighted by atomic mass is 10.1. The van der Waals surface area contributed by atoms with E-state index >= 15 is 0 Å². The number of anilines is 3. The van der Waals surface area contributed by atoms with Crippen molar-refractivity contribution in [3.8, 4) is 5.75 Å². The molecule has 3 aromatic rings. The van der Waals surface area contributed by atoms with Crippen molar-refractivity contribution in [1.82, 2.24) is 4.98 Å². The van der Waals surface area contributed by atoms with Crippen LogP contribution in [0.2, 0.25) is 0 Å². The second-order valence-corrected chi connectivity index (χ2v) is 5.90. The number of carbonyl (C=O) groups is 1. The number of nitrogens with one attached hydrogen (secondary N) is 1. The van der Waals surface area contributed by atoms with Crippen LogP contribution in [0.1, 0.15) is 15.2 Å². The van der Waals surface area contributed by atoms with Gasteiger partial charge >= 0.3 is 0 Å². The maximum Gasteiger partial charge on any atom is 0.206 e. The zero-order valence-electron chi connectivity index (χ0n) is 12.7. The summed E-state index contributed by atoms with van der Waals surface area (Å²) < 4.78 is 18.6. The molecule has 0 spiro atoms. The molecule has 0 bridgehead atoms. The van der Waals surface area contributed by atoms with Gasteiger partial charge in [0.1, 0.15) is 10.7 Å². The van der Waals surface area contributed by atoms with E-state index < -0.39 is 5.82 Å². The highest BCUT2D eigenvalue weighted by Crippen LogP contribution is 2.30. The number of nitrogen functional groups attached to an aromatic ring is 1. The fourth-order valence-corrected chi connectivity index (χ4v) is 3.00. The molecule has 0 atom stereocenters. The van der Waals surface area contributed by atoms with Crippen molar-refractivity contribution in [2.24, 2.45) is 0 Å². The molecule has 24 heavy (non-hydrogen) atoms. The van der Waals surface area contributed by atoms with Crippen molar-refractivity contribution in [2.45, 2.75) is 0 Å². The third-order valence-electron chi connectivity index (χ3n) is 3.30. The molecule has 122 valence electrons. The fraction of sp³-hybridized carbons (Fsp3) is 0.0588. The molecule has 0 saturated heterocycles. The van der Waals surface area contributed by atoms with Gasteiger partial charge in [-0.1, -0.05) is 41.7 Å². The molecule has 7 heteroatoms. The van der Waals surface area contributed by atoms with Crippen LogP contribution in [-0.2, 0) is 0 Å². The second-order valence-electron chi connectivity index (χ2n) is 4.90. The molecule has 0 radical (unpaired) electrons. The van der Waals surface area contributed by atoms with Crippen molar-refractivity contribution in [3.63, 3.8) is 0 Å². The minimum Gasteiger partial charge on any atom is -0.494 e. The van der Waals surface area contributed by atoms with Crippen molar-refractivity contribution in [1.29, 1.82) is 0 Å². The Morgan fingerprint density at radius 1 is 1.25 bits per heavy atom. The average molecular weight is 343 g/mol. The molecule has 0 saturated carbocycles. The van der Waals surface area contributed by atoms with Crippen molar-refractivity contribution < 1.29 is 13.9 Å². The van der Waals surface area contributed by atoms with E-state index in [1.165, 1.54) is 19.2 Å². The summed E-state index contributed by atoms with van der Waals surface area (Å²) in [7, 11) is 1.40. The van der Waals surface area contributed by atoms with Gasteiger partial charge in [0.15, 0.2) is 16.7 Å². The molecule has 0 unspecified atom stereocenters. The van der Waals surface area contributed by atoms with Gasteiger partial charge in [-0.25, -0.2) is 9.37 Å². The van der Waals surface area contributed by atoms with Crippen LogP contribution in [0.5, 0.6) is 5.75 Å². The molecule has 0 amide bonds. The predicted molar refractivity (Wildman–Crippen MR) is 92.6 cm³/mol. The van der Waals surface area contributed by atoms with Gasteiger partial charge in [-0.3, -0.25) is 4.79 Å². The first-order chi connectivity index (χ1) is 11.6. The Morgan fingerprint density at radius 3 is 2.67 bits per heavy atom. The molecule has 0 aliphatic heterocycles. The first-order valence-corrected chi connectivity index (χ1v) is 7.86. The van der Waals surface area contributed by atoms with Gasteiger partial charge in [0, 0.05) is 17.3 Å². The number of halogens is 1. The van der Waals surface area contributed by atoms with Gasteiger partial charge in [-0.15, -0.1) is 0 Å². The number of thiazole rings is 1. The van der Waals surface area contributed by atoms with Crippen LogP contribution in [0.4, 0.5) is 21.0 Å². The maximum atomic E-state index is 13.7. The smallest absolute Gasteiger partial charge is 0.206 e. The van der Waals surface area contributed by atoms with Crippen LogP contribution < -0.4 is 15.8 Å². The van der Waals surface area contributed by atoms with E-state index in [0.717, 1.165) is 11.3 Å². The van der Waals surface area contributed by atoms with E-state index in [0.29, 0.717) is 21.3 Å². The number of benzene rings is 2. The van der Waals surface area contributed by atoms with Gasteiger partial charge in [-0.05, 0) is 12.1 Å². The zero-order valence-corrected chi connectivity index (χ0v) is 13.6. The molecule has 1 aromatic heterocycles. The lowest BCUT2D eigenvalue weighted by Gasteiger charge is -2.05. The fourth-order valence-electron chi connectivity index (χ4n) is 2.14. The van der Waals surface area contributed by atoms with Crippen LogP contribution in [0.25, 0.3) is 0 Å². The largest absolute Gasteiger partial charge is 0.494 e. The highest BCUT2D eigenvalue weighted by atomic mass is 32.1. The number of hydrogen-bond acceptors (Lipinski definition) is 6. The summed E-state index contributed by atoms with van der Waals surface area (Å²) in [5.41, 5.74) is 6.88. The standard InChI is InChI=1S/C17H14FN3O2S/c1-23-13-8-7-11(9-12(13)18)20-17-21-16(19)15(24-17)14(22)10-5-3-2-4-6-10/h2-9H,19H2,1H3,(H,20,21). The van der Waals surface area contributed by atoms with E-state index in [2.05, 4.69) is 10.3 Å². The average Bonchev–Trinajstić information content (AvgIpc) is 2.95. The van der Waals surface area contributed by atoms with E-state index in [1.807, 2.05) is 6.07 Å². The normalized spacial score (nSPS) is 10.4. The molecule has 0 aliphatic carbocycles. The van der Waals surface area contributed by atoms with Crippen molar-refractivity contribution in [3.05, 3.63) is 64.8 Å². The zero-order chi connectivity index (χ0) is 17.1. The Morgan fingerprint density at radius 2 is 2.00 bits per heavy atom. The van der Waals surface area contributed by atoms with E-state index in [9.17, 15) is 9.18 Å². The quantitative estimate of drug-likeness (QED) is 0.688. The third-order valence-corrected chi connectivity index (χ3v) is 4.28. The van der Waals surface area contributed by atoms with Gasteiger partial charge < -0.3 is 15.8 Å². The van der Waals surface area contributed by atoms with Crippen LogP contribution in [0.15, 0.2) is 48.5 Å². The molecule has 1 heterocycles. The number of nitrogens with two attached hydrogens (primary N) is 1. The highest BCUT2D eigenvalue weighted by Gasteiger charge is 2.18. The highest BCUT2D eigenvalue weighted by molar-refractivity contribution is 7.18. The molecule has 0 fully saturated rings. The Balaban J connectivity index is 1.84. The Labute approximate surface area is 141 Å². The number of methoxy groups -OCH3 is 1. The molecule has 2 aromatic carbocycles. The lowest BCUT2D eigenvalue weighted by Crippen LogP contribution is -2.02. The summed E-state index contributed by atoms with van der Waals surface area (Å²) in [6.07, 6.45) is 0. The Hall–Kier alpha value is -2.93. The molecule has 5 nitrogen and oxygen atoms in total. The molecular formula is C17H14FN3O2S. The van der Waals surface area contributed by atoms with Crippen LogP contribution in [0.3, 0.4) is 0 Å². The van der Waals surface area contributed by atoms with Crippen LogP contribution in [-0.4, -0.2) is 17.9 Å². The van der Waals surface area contributed by atoms with Gasteiger partial charge in [-0.2, -0.15) is 0 Å². The minimum absolute atomic E-state index is 0.144. The molecule has 3 rings (SSSR count). The maximum absolute atomic E-state index is 13.7. The predicted octanol–water partition coefficient (Wildman–Crippen LogP) is 3.85. The number of ketones is 1. The first kappa shape index (κ1) is 15.9. The molecule has 3 N–H and O–H groups in total. The van der Waals surface area contributed by atoms with Gasteiger partial charge in [0.2, 0.25) is 5.78 Å². The van der Waals surface area contributed by atoms with E-state index in [4.69, 9.17) is 10.5 Å². The van der Waals surface area contributed by atoms with Gasteiger partial charge in [0.25, 0.3) is 0 Å². The summed E-state index contributed by atoms with van der Waals surface area (Å²) >= 11 is 1.12. The summed E-state index contributed by atoms with van der Waals surface area (Å²) in [5, 5.41) is 3.36. The summed E-state index contributed by atoms with van der Waals surface area (Å²) in [5.74, 6) is -0.392. The number of ether oxygens (including phenoxy) is 1. The minimum atomic E-state index is -0.493. The third kappa shape index (κ3) is 3.21. The first-order valence-electron chi connectivity index (χ1n) is 7.05. The molecule has 0 aliphatic rings. The van der Waals surface area contributed by atoms with Gasteiger partial charge in [0.05, 0.1) is 7.11 Å². The second kappa shape index (κ2) is 6.67. The number of nitrogens with zero attached hydrogens (tertiary/aromatic N) is 1.